The first-order chi connectivity index (χ1) is 12.8. The molecule has 2 aromatic heterocycles. The minimum atomic E-state index is 0.484. The van der Waals surface area contributed by atoms with Crippen LogP contribution in [0, 0.1) is 0 Å². The summed E-state index contributed by atoms with van der Waals surface area (Å²) in [5.41, 5.74) is 2.58. The summed E-state index contributed by atoms with van der Waals surface area (Å²) in [5.74, 6) is 1.80. The van der Waals surface area contributed by atoms with E-state index in [9.17, 15) is 0 Å². The lowest BCUT2D eigenvalue weighted by atomic mass is 10.2. The lowest BCUT2D eigenvalue weighted by molar-refractivity contribution is 0.245. The summed E-state index contributed by atoms with van der Waals surface area (Å²) in [5, 5.41) is 0. The van der Waals surface area contributed by atoms with E-state index in [-0.39, 0.29) is 0 Å². The number of pyridine rings is 1. The first-order valence-corrected chi connectivity index (χ1v) is 9.09. The molecule has 4 rings (SSSR count). The van der Waals surface area contributed by atoms with Crippen LogP contribution in [0.4, 0.5) is 0 Å². The average molecular weight is 348 g/mol. The molecule has 0 atom stereocenters. The molecule has 3 aromatic rings. The fourth-order valence-electron chi connectivity index (χ4n) is 3.09. The number of imidazole rings is 1. The number of ether oxygens (including phenoxy) is 1. The number of aromatic nitrogens is 3. The first kappa shape index (κ1) is 16.8. The van der Waals surface area contributed by atoms with Gasteiger partial charge >= 0.3 is 0 Å². The van der Waals surface area contributed by atoms with Gasteiger partial charge in [-0.05, 0) is 42.2 Å². The molecule has 2 heterocycles. The van der Waals surface area contributed by atoms with Gasteiger partial charge < -0.3 is 9.30 Å². The highest BCUT2D eigenvalue weighted by Gasteiger charge is 2.28. The number of benzene rings is 1. The summed E-state index contributed by atoms with van der Waals surface area (Å²) < 4.78 is 7.81. The van der Waals surface area contributed by atoms with Crippen LogP contribution in [0.5, 0.6) is 5.75 Å². The molecule has 0 amide bonds. The van der Waals surface area contributed by atoms with Gasteiger partial charge in [0.25, 0.3) is 0 Å². The van der Waals surface area contributed by atoms with Crippen molar-refractivity contribution < 1.29 is 4.74 Å². The molecule has 0 bridgehead atoms. The van der Waals surface area contributed by atoms with E-state index in [0.717, 1.165) is 24.7 Å². The second kappa shape index (κ2) is 7.70. The van der Waals surface area contributed by atoms with Crippen LogP contribution in [0.3, 0.4) is 0 Å². The van der Waals surface area contributed by atoms with Crippen LogP contribution in [0.2, 0.25) is 0 Å². The van der Waals surface area contributed by atoms with Crippen molar-refractivity contribution in [1.29, 1.82) is 0 Å². The largest absolute Gasteiger partial charge is 0.486 e. The molecular weight excluding hydrogens is 324 g/mol. The Kier molecular flexibility index (Phi) is 4.97. The van der Waals surface area contributed by atoms with E-state index >= 15 is 0 Å². The van der Waals surface area contributed by atoms with Gasteiger partial charge in [0.2, 0.25) is 0 Å². The van der Waals surface area contributed by atoms with E-state index in [1.807, 2.05) is 48.4 Å². The number of rotatable bonds is 8. The Bertz CT molecular complexity index is 825. The molecule has 134 valence electrons. The third-order valence-corrected chi connectivity index (χ3v) is 4.77. The molecule has 5 nitrogen and oxygen atoms in total. The molecule has 0 spiro atoms. The molecule has 0 radical (unpaired) electrons. The highest BCUT2D eigenvalue weighted by atomic mass is 16.5. The van der Waals surface area contributed by atoms with Gasteiger partial charge in [-0.15, -0.1) is 0 Å². The Morgan fingerprint density at radius 1 is 1.08 bits per heavy atom. The fourth-order valence-corrected chi connectivity index (χ4v) is 3.09. The molecule has 1 aliphatic rings. The van der Waals surface area contributed by atoms with Gasteiger partial charge in [0.05, 0.1) is 0 Å². The van der Waals surface area contributed by atoms with Crippen molar-refractivity contribution in [3.8, 4) is 5.75 Å². The molecule has 1 aliphatic carbocycles. The lowest BCUT2D eigenvalue weighted by Crippen LogP contribution is -2.25. The molecule has 1 saturated carbocycles. The van der Waals surface area contributed by atoms with Crippen molar-refractivity contribution >= 4 is 0 Å². The van der Waals surface area contributed by atoms with Crippen LogP contribution >= 0.6 is 0 Å². The van der Waals surface area contributed by atoms with Crippen molar-refractivity contribution in [2.45, 2.75) is 38.6 Å². The topological polar surface area (TPSA) is 43.2 Å². The maximum Gasteiger partial charge on any atom is 0.146 e. The van der Waals surface area contributed by atoms with Crippen molar-refractivity contribution in [3.63, 3.8) is 0 Å². The Morgan fingerprint density at radius 3 is 2.54 bits per heavy atom. The fraction of sp³-hybridized carbons (Fsp3) is 0.333. The number of aryl methyl sites for hydroxylation is 1. The lowest BCUT2D eigenvalue weighted by Gasteiger charge is -2.22. The van der Waals surface area contributed by atoms with Gasteiger partial charge in [-0.2, -0.15) is 0 Å². The van der Waals surface area contributed by atoms with E-state index < -0.39 is 0 Å². The molecule has 1 fully saturated rings. The maximum absolute atomic E-state index is 5.84. The summed E-state index contributed by atoms with van der Waals surface area (Å²) in [4.78, 5) is 11.1. The standard InChI is InChI=1S/C21H24N4O/c1-24-12-11-23-21(24)16-26-20-8-4-17(5-9-20)14-25(19-6-7-19)15-18-3-2-10-22-13-18/h2-5,8-13,19H,6-7,14-16H2,1H3. The van der Waals surface area contributed by atoms with E-state index in [0.29, 0.717) is 12.6 Å². The molecule has 26 heavy (non-hydrogen) atoms. The Balaban J connectivity index is 1.35. The number of hydrogen-bond acceptors (Lipinski definition) is 4. The van der Waals surface area contributed by atoms with Gasteiger partial charge in [-0.1, -0.05) is 18.2 Å². The molecule has 0 N–H and O–H groups in total. The highest BCUT2D eigenvalue weighted by molar-refractivity contribution is 5.27. The van der Waals surface area contributed by atoms with Gasteiger partial charge in [-0.25, -0.2) is 4.98 Å². The molecular formula is C21H24N4O. The molecule has 5 heteroatoms. The van der Waals surface area contributed by atoms with Crippen molar-refractivity contribution in [3.05, 3.63) is 78.1 Å². The highest BCUT2D eigenvalue weighted by Crippen LogP contribution is 2.30. The van der Waals surface area contributed by atoms with Crippen LogP contribution in [-0.2, 0) is 26.7 Å². The zero-order chi connectivity index (χ0) is 17.8. The summed E-state index contributed by atoms with van der Waals surface area (Å²) in [6, 6.07) is 13.3. The van der Waals surface area contributed by atoms with E-state index in [2.05, 4.69) is 33.1 Å². The molecule has 0 saturated heterocycles. The summed E-state index contributed by atoms with van der Waals surface area (Å²) in [6.07, 6.45) is 10.1. The second-order valence-corrected chi connectivity index (χ2v) is 6.88. The number of nitrogens with zero attached hydrogens (tertiary/aromatic N) is 4. The van der Waals surface area contributed by atoms with Gasteiger partial charge in [0, 0.05) is 51.0 Å². The summed E-state index contributed by atoms with van der Waals surface area (Å²) in [6.45, 7) is 2.40. The predicted molar refractivity (Wildman–Crippen MR) is 100 cm³/mol. The van der Waals surface area contributed by atoms with Crippen molar-refractivity contribution in [2.24, 2.45) is 7.05 Å². The van der Waals surface area contributed by atoms with Gasteiger partial charge in [0.15, 0.2) is 0 Å². The zero-order valence-corrected chi connectivity index (χ0v) is 15.1. The van der Waals surface area contributed by atoms with Crippen molar-refractivity contribution in [1.82, 2.24) is 19.4 Å². The maximum atomic E-state index is 5.84. The predicted octanol–water partition coefficient (Wildman–Crippen LogP) is 3.56. The van der Waals surface area contributed by atoms with Crippen LogP contribution in [0.25, 0.3) is 0 Å². The van der Waals surface area contributed by atoms with Crippen LogP contribution in [0.1, 0.15) is 29.8 Å². The quantitative estimate of drug-likeness (QED) is 0.624. The summed E-state index contributed by atoms with van der Waals surface area (Å²) >= 11 is 0. The molecule has 0 aliphatic heterocycles. The SMILES string of the molecule is Cn1ccnc1COc1ccc(CN(Cc2cccnc2)C2CC2)cc1. The van der Waals surface area contributed by atoms with Crippen molar-refractivity contribution in [2.75, 3.05) is 0 Å². The smallest absolute Gasteiger partial charge is 0.146 e. The third kappa shape index (κ3) is 4.29. The molecule has 1 aromatic carbocycles. The third-order valence-electron chi connectivity index (χ3n) is 4.77. The van der Waals surface area contributed by atoms with Crippen LogP contribution in [0.15, 0.2) is 61.2 Å². The van der Waals surface area contributed by atoms with E-state index in [1.165, 1.54) is 24.0 Å². The first-order valence-electron chi connectivity index (χ1n) is 9.09. The normalized spacial score (nSPS) is 13.9. The second-order valence-electron chi connectivity index (χ2n) is 6.88. The van der Waals surface area contributed by atoms with Crippen LogP contribution < -0.4 is 4.74 Å². The Hall–Kier alpha value is -2.66. The number of hydrogen-bond donors (Lipinski definition) is 0. The van der Waals surface area contributed by atoms with E-state index in [1.54, 1.807) is 6.20 Å². The minimum Gasteiger partial charge on any atom is -0.486 e. The Morgan fingerprint density at radius 2 is 1.88 bits per heavy atom. The average Bonchev–Trinajstić information content (AvgIpc) is 3.44. The van der Waals surface area contributed by atoms with Crippen LogP contribution in [-0.4, -0.2) is 25.5 Å². The Labute approximate surface area is 154 Å². The monoisotopic (exact) mass is 348 g/mol. The molecule has 0 unspecified atom stereocenters. The van der Waals surface area contributed by atoms with Gasteiger partial charge in [0.1, 0.15) is 18.2 Å². The summed E-state index contributed by atoms with van der Waals surface area (Å²) in [7, 11) is 1.98. The zero-order valence-electron chi connectivity index (χ0n) is 15.1. The van der Waals surface area contributed by atoms with E-state index in [4.69, 9.17) is 4.74 Å². The minimum absolute atomic E-state index is 0.484. The van der Waals surface area contributed by atoms with Gasteiger partial charge in [-0.3, -0.25) is 9.88 Å².